The fraction of sp³-hybridized carbons (Fsp3) is 0.238. The van der Waals surface area contributed by atoms with Gasteiger partial charge in [-0.3, -0.25) is 0 Å². The Balaban J connectivity index is 1.64. The van der Waals surface area contributed by atoms with Gasteiger partial charge in [0, 0.05) is 17.3 Å². The molecular formula is C21H19F3N4O. The Bertz CT molecular complexity index is 1040. The first-order valence-corrected chi connectivity index (χ1v) is 9.14. The quantitative estimate of drug-likeness (QED) is 0.574. The first kappa shape index (κ1) is 19.2. The molecule has 0 spiro atoms. The highest BCUT2D eigenvalue weighted by Gasteiger charge is 2.31. The molecule has 0 bridgehead atoms. The Kier molecular flexibility index (Phi) is 4.87. The van der Waals surface area contributed by atoms with E-state index in [2.05, 4.69) is 15.3 Å². The minimum Gasteiger partial charge on any atom is -0.398 e. The van der Waals surface area contributed by atoms with Gasteiger partial charge in [-0.05, 0) is 36.1 Å². The Labute approximate surface area is 165 Å². The Morgan fingerprint density at radius 3 is 2.62 bits per heavy atom. The summed E-state index contributed by atoms with van der Waals surface area (Å²) in [6.07, 6.45) is -2.31. The van der Waals surface area contributed by atoms with Crippen molar-refractivity contribution in [2.75, 3.05) is 11.1 Å². The SMILES string of the molecule is Nc1cc(C(F)(F)F)ccc1-c1cc(NC2c3ccccc3CCC2O)ncn1. The summed E-state index contributed by atoms with van der Waals surface area (Å²) in [4.78, 5) is 8.34. The summed E-state index contributed by atoms with van der Waals surface area (Å²) < 4.78 is 38.6. The number of nitrogen functional groups attached to an aromatic ring is 1. The molecule has 2 aromatic carbocycles. The van der Waals surface area contributed by atoms with E-state index in [1.54, 1.807) is 6.07 Å². The molecule has 150 valence electrons. The molecule has 0 radical (unpaired) electrons. The van der Waals surface area contributed by atoms with E-state index in [0.29, 0.717) is 23.5 Å². The number of alkyl halides is 3. The molecule has 8 heteroatoms. The number of halogens is 3. The summed E-state index contributed by atoms with van der Waals surface area (Å²) in [7, 11) is 0. The number of rotatable bonds is 3. The molecule has 0 saturated carbocycles. The van der Waals surface area contributed by atoms with Crippen LogP contribution in [0.2, 0.25) is 0 Å². The normalized spacial score (nSPS) is 18.9. The maximum Gasteiger partial charge on any atom is 0.416 e. The standard InChI is InChI=1S/C21H19F3N4O/c22-21(23,24)13-6-7-15(16(25)9-13)17-10-19(27-11-26-17)28-20-14-4-2-1-3-12(14)5-8-18(20)29/h1-4,6-7,9-11,18,20,29H,5,8,25H2,(H,26,27,28). The molecule has 5 nitrogen and oxygen atoms in total. The van der Waals surface area contributed by atoms with Crippen LogP contribution in [-0.2, 0) is 12.6 Å². The van der Waals surface area contributed by atoms with Crippen molar-refractivity contribution in [3.8, 4) is 11.3 Å². The zero-order valence-electron chi connectivity index (χ0n) is 15.3. The molecule has 4 rings (SSSR count). The molecule has 1 aromatic heterocycles. The average Bonchev–Trinajstić information content (AvgIpc) is 2.69. The fourth-order valence-corrected chi connectivity index (χ4v) is 3.63. The topological polar surface area (TPSA) is 84.1 Å². The first-order chi connectivity index (χ1) is 13.8. The largest absolute Gasteiger partial charge is 0.416 e. The smallest absolute Gasteiger partial charge is 0.398 e. The van der Waals surface area contributed by atoms with E-state index in [4.69, 9.17) is 5.73 Å². The van der Waals surface area contributed by atoms with Crippen LogP contribution in [0.5, 0.6) is 0 Å². The van der Waals surface area contributed by atoms with Gasteiger partial charge in [-0.2, -0.15) is 13.2 Å². The number of fused-ring (bicyclic) bond motifs is 1. The predicted molar refractivity (Wildman–Crippen MR) is 104 cm³/mol. The van der Waals surface area contributed by atoms with Crippen LogP contribution in [0.4, 0.5) is 24.7 Å². The second-order valence-electron chi connectivity index (χ2n) is 7.02. The van der Waals surface area contributed by atoms with E-state index >= 15 is 0 Å². The molecule has 1 heterocycles. The summed E-state index contributed by atoms with van der Waals surface area (Å²) in [6.45, 7) is 0. The van der Waals surface area contributed by atoms with Gasteiger partial charge in [0.15, 0.2) is 0 Å². The van der Waals surface area contributed by atoms with Crippen LogP contribution in [-0.4, -0.2) is 21.2 Å². The van der Waals surface area contributed by atoms with Gasteiger partial charge in [-0.25, -0.2) is 9.97 Å². The van der Waals surface area contributed by atoms with Gasteiger partial charge in [0.05, 0.1) is 23.4 Å². The predicted octanol–water partition coefficient (Wildman–Crippen LogP) is 4.20. The van der Waals surface area contributed by atoms with E-state index in [0.717, 1.165) is 29.7 Å². The van der Waals surface area contributed by atoms with Crippen LogP contribution in [0.25, 0.3) is 11.3 Å². The maximum absolute atomic E-state index is 12.9. The second kappa shape index (κ2) is 7.36. The van der Waals surface area contributed by atoms with Gasteiger partial charge in [-0.1, -0.05) is 30.3 Å². The number of hydrogen-bond donors (Lipinski definition) is 3. The molecular weight excluding hydrogens is 381 g/mol. The van der Waals surface area contributed by atoms with Crippen molar-refractivity contribution in [1.82, 2.24) is 9.97 Å². The van der Waals surface area contributed by atoms with Crippen LogP contribution in [0.1, 0.15) is 29.2 Å². The lowest BCUT2D eigenvalue weighted by Gasteiger charge is -2.31. The van der Waals surface area contributed by atoms with Crippen molar-refractivity contribution in [1.29, 1.82) is 0 Å². The number of benzene rings is 2. The minimum absolute atomic E-state index is 0.0208. The third-order valence-electron chi connectivity index (χ3n) is 5.11. The summed E-state index contributed by atoms with van der Waals surface area (Å²) in [5, 5.41) is 13.7. The molecule has 0 fully saturated rings. The molecule has 2 unspecified atom stereocenters. The third-order valence-corrected chi connectivity index (χ3v) is 5.11. The van der Waals surface area contributed by atoms with E-state index in [-0.39, 0.29) is 11.7 Å². The van der Waals surface area contributed by atoms with Crippen molar-refractivity contribution >= 4 is 11.5 Å². The number of aryl methyl sites for hydroxylation is 1. The van der Waals surface area contributed by atoms with Gasteiger partial charge < -0.3 is 16.2 Å². The molecule has 0 amide bonds. The third kappa shape index (κ3) is 3.88. The number of anilines is 2. The number of nitrogens with zero attached hydrogens (tertiary/aromatic N) is 2. The van der Waals surface area contributed by atoms with Crippen molar-refractivity contribution in [3.05, 3.63) is 71.5 Å². The molecule has 29 heavy (non-hydrogen) atoms. The van der Waals surface area contributed by atoms with Gasteiger partial charge in [-0.15, -0.1) is 0 Å². The van der Waals surface area contributed by atoms with Crippen LogP contribution >= 0.6 is 0 Å². The summed E-state index contributed by atoms with van der Waals surface area (Å²) in [5.74, 6) is 0.454. The molecule has 0 aliphatic heterocycles. The Hall–Kier alpha value is -3.13. The van der Waals surface area contributed by atoms with Crippen molar-refractivity contribution in [3.63, 3.8) is 0 Å². The lowest BCUT2D eigenvalue weighted by atomic mass is 9.85. The number of nitrogens with two attached hydrogens (primary N) is 1. The highest BCUT2D eigenvalue weighted by molar-refractivity contribution is 5.75. The molecule has 0 saturated heterocycles. The number of hydrogen-bond acceptors (Lipinski definition) is 5. The molecule has 1 aliphatic rings. The number of aliphatic hydroxyl groups is 1. The summed E-state index contributed by atoms with van der Waals surface area (Å²) in [5.41, 5.74) is 7.96. The van der Waals surface area contributed by atoms with Gasteiger partial charge in [0.25, 0.3) is 0 Å². The zero-order valence-corrected chi connectivity index (χ0v) is 15.3. The number of aromatic nitrogens is 2. The zero-order chi connectivity index (χ0) is 20.6. The van der Waals surface area contributed by atoms with E-state index < -0.39 is 17.8 Å². The van der Waals surface area contributed by atoms with Gasteiger partial charge in [0.2, 0.25) is 0 Å². The number of aliphatic hydroxyl groups excluding tert-OH is 1. The van der Waals surface area contributed by atoms with Crippen LogP contribution in [0.3, 0.4) is 0 Å². The van der Waals surface area contributed by atoms with Crippen LogP contribution < -0.4 is 11.1 Å². The van der Waals surface area contributed by atoms with Crippen molar-refractivity contribution in [2.24, 2.45) is 0 Å². The van der Waals surface area contributed by atoms with Crippen LogP contribution in [0, 0.1) is 0 Å². The molecule has 2 atom stereocenters. The molecule has 4 N–H and O–H groups in total. The van der Waals surface area contributed by atoms with Gasteiger partial charge >= 0.3 is 6.18 Å². The van der Waals surface area contributed by atoms with Crippen molar-refractivity contribution in [2.45, 2.75) is 31.2 Å². The highest BCUT2D eigenvalue weighted by atomic mass is 19.4. The maximum atomic E-state index is 12.9. The van der Waals surface area contributed by atoms with E-state index in [1.165, 1.54) is 12.4 Å². The van der Waals surface area contributed by atoms with Gasteiger partial charge in [0.1, 0.15) is 12.1 Å². The number of nitrogens with one attached hydrogen (secondary N) is 1. The Morgan fingerprint density at radius 2 is 1.86 bits per heavy atom. The van der Waals surface area contributed by atoms with Crippen LogP contribution in [0.15, 0.2) is 54.9 Å². The first-order valence-electron chi connectivity index (χ1n) is 9.14. The Morgan fingerprint density at radius 1 is 1.07 bits per heavy atom. The second-order valence-corrected chi connectivity index (χ2v) is 7.02. The monoisotopic (exact) mass is 400 g/mol. The lowest BCUT2D eigenvalue weighted by Crippen LogP contribution is -2.31. The average molecular weight is 400 g/mol. The van der Waals surface area contributed by atoms with E-state index in [9.17, 15) is 18.3 Å². The lowest BCUT2D eigenvalue weighted by molar-refractivity contribution is -0.137. The minimum atomic E-state index is -4.46. The highest BCUT2D eigenvalue weighted by Crippen LogP contribution is 2.35. The summed E-state index contributed by atoms with van der Waals surface area (Å²) in [6, 6.07) is 12.3. The van der Waals surface area contributed by atoms with Crippen molar-refractivity contribution < 1.29 is 18.3 Å². The molecule has 1 aliphatic carbocycles. The fourth-order valence-electron chi connectivity index (χ4n) is 3.63. The summed E-state index contributed by atoms with van der Waals surface area (Å²) >= 11 is 0. The molecule has 3 aromatic rings. The van der Waals surface area contributed by atoms with E-state index in [1.807, 2.05) is 24.3 Å².